The van der Waals surface area contributed by atoms with Gasteiger partial charge in [0, 0.05) is 11.8 Å². The smallest absolute Gasteiger partial charge is 0.434 e. The van der Waals surface area contributed by atoms with Gasteiger partial charge in [0.25, 0.3) is 0 Å². The van der Waals surface area contributed by atoms with Gasteiger partial charge in [-0.1, -0.05) is 55.0 Å². The van der Waals surface area contributed by atoms with Gasteiger partial charge in [-0.15, -0.1) is 0 Å². The van der Waals surface area contributed by atoms with Crippen LogP contribution in [0.25, 0.3) is 11.1 Å². The molecule has 2 atom stereocenters. The molecule has 2 aromatic carbocycles. The fraction of sp³-hybridized carbons (Fsp3) is 0.381. The highest BCUT2D eigenvalue weighted by molar-refractivity contribution is 5.79. The van der Waals surface area contributed by atoms with Crippen molar-refractivity contribution in [2.75, 3.05) is 13.2 Å². The molecule has 2 aromatic rings. The molecule has 0 aromatic heterocycles. The van der Waals surface area contributed by atoms with Gasteiger partial charge >= 0.3 is 6.09 Å². The lowest BCUT2D eigenvalue weighted by atomic mass is 9.98. The first-order valence-corrected chi connectivity index (χ1v) is 9.10. The Bertz CT molecular complexity index is 773. The number of hydrogen-bond acceptors (Lipinski definition) is 3. The summed E-state index contributed by atoms with van der Waals surface area (Å²) in [5.41, 5.74) is 4.95. The maximum Gasteiger partial charge on any atom is 0.434 e. The molecule has 1 saturated carbocycles. The van der Waals surface area contributed by atoms with Gasteiger partial charge in [-0.05, 0) is 35.1 Å². The lowest BCUT2D eigenvalue weighted by molar-refractivity contribution is -0.112. The average Bonchev–Trinajstić information content (AvgIpc) is 3.33. The van der Waals surface area contributed by atoms with E-state index in [-0.39, 0.29) is 18.1 Å². The standard InChI is InChI=1S/C21H21NO3/c23-21(22-20-11-5-6-14(20)12-25-22)24-13-19-17-9-3-1-7-15(17)16-8-2-4-10-18(16)19/h1-4,7-10,14,19-20H,5-6,11-13H2/t14-,20-/m0/s1. The van der Waals surface area contributed by atoms with Gasteiger partial charge in [-0.2, -0.15) is 5.06 Å². The summed E-state index contributed by atoms with van der Waals surface area (Å²) in [6.07, 6.45) is 3.01. The van der Waals surface area contributed by atoms with Crippen molar-refractivity contribution in [3.8, 4) is 11.1 Å². The van der Waals surface area contributed by atoms with E-state index >= 15 is 0 Å². The van der Waals surface area contributed by atoms with Gasteiger partial charge in [-0.3, -0.25) is 4.84 Å². The number of rotatable bonds is 2. The summed E-state index contributed by atoms with van der Waals surface area (Å²) in [6, 6.07) is 17.0. The van der Waals surface area contributed by atoms with Crippen LogP contribution in [0, 0.1) is 5.92 Å². The Hall–Kier alpha value is -2.33. The summed E-state index contributed by atoms with van der Waals surface area (Å²) in [5.74, 6) is 0.582. The van der Waals surface area contributed by atoms with Crippen molar-refractivity contribution in [3.63, 3.8) is 0 Å². The highest BCUT2D eigenvalue weighted by Crippen LogP contribution is 2.44. The summed E-state index contributed by atoms with van der Waals surface area (Å²) in [5, 5.41) is 1.49. The lowest BCUT2D eigenvalue weighted by Crippen LogP contribution is -2.36. The normalized spacial score (nSPS) is 24.1. The van der Waals surface area contributed by atoms with Crippen molar-refractivity contribution in [1.82, 2.24) is 5.06 Å². The second kappa shape index (κ2) is 5.88. The molecular formula is C21H21NO3. The molecule has 0 spiro atoms. The minimum Gasteiger partial charge on any atom is -0.447 e. The van der Waals surface area contributed by atoms with Gasteiger partial charge in [0.05, 0.1) is 12.6 Å². The zero-order valence-electron chi connectivity index (χ0n) is 14.1. The van der Waals surface area contributed by atoms with Gasteiger partial charge < -0.3 is 4.74 Å². The minimum atomic E-state index is -0.337. The molecule has 128 valence electrons. The van der Waals surface area contributed by atoms with E-state index in [9.17, 15) is 4.79 Å². The van der Waals surface area contributed by atoms with Crippen LogP contribution in [-0.2, 0) is 9.57 Å². The molecule has 3 aliphatic rings. The Morgan fingerprint density at radius 2 is 1.72 bits per heavy atom. The second-order valence-corrected chi connectivity index (χ2v) is 7.18. The molecule has 25 heavy (non-hydrogen) atoms. The maximum absolute atomic E-state index is 12.5. The Morgan fingerprint density at radius 1 is 1.04 bits per heavy atom. The Balaban J connectivity index is 1.35. The van der Waals surface area contributed by atoms with Crippen LogP contribution in [0.15, 0.2) is 48.5 Å². The predicted molar refractivity (Wildman–Crippen MR) is 94.0 cm³/mol. The van der Waals surface area contributed by atoms with Crippen LogP contribution in [0.3, 0.4) is 0 Å². The molecular weight excluding hydrogens is 314 g/mol. The van der Waals surface area contributed by atoms with E-state index in [0.717, 1.165) is 12.8 Å². The van der Waals surface area contributed by atoms with Gasteiger partial charge in [0.1, 0.15) is 6.61 Å². The molecule has 1 heterocycles. The van der Waals surface area contributed by atoms with Crippen LogP contribution in [-0.4, -0.2) is 30.4 Å². The maximum atomic E-state index is 12.5. The van der Waals surface area contributed by atoms with Crippen molar-refractivity contribution < 1.29 is 14.4 Å². The van der Waals surface area contributed by atoms with Crippen molar-refractivity contribution in [2.24, 2.45) is 5.92 Å². The number of hydroxylamine groups is 2. The predicted octanol–water partition coefficient (Wildman–Crippen LogP) is 4.35. The Labute approximate surface area is 147 Å². The van der Waals surface area contributed by atoms with Gasteiger partial charge in [-0.25, -0.2) is 4.79 Å². The summed E-state index contributed by atoms with van der Waals surface area (Å²) in [6.45, 7) is 0.999. The van der Waals surface area contributed by atoms with Crippen LogP contribution in [0.5, 0.6) is 0 Å². The number of carbonyl (C=O) groups excluding carboxylic acids is 1. The molecule has 1 aliphatic heterocycles. The first-order chi connectivity index (χ1) is 12.3. The van der Waals surface area contributed by atoms with Gasteiger partial charge in [0.15, 0.2) is 0 Å². The van der Waals surface area contributed by atoms with E-state index in [1.54, 1.807) is 0 Å². The fourth-order valence-corrected chi connectivity index (χ4v) is 4.64. The van der Waals surface area contributed by atoms with Crippen molar-refractivity contribution in [3.05, 3.63) is 59.7 Å². The van der Waals surface area contributed by atoms with Crippen molar-refractivity contribution >= 4 is 6.09 Å². The number of benzene rings is 2. The SMILES string of the molecule is O=C(OCC1c2ccccc2-c2ccccc21)N1OC[C@@H]2CCC[C@@H]21. The first kappa shape index (κ1) is 15.0. The van der Waals surface area contributed by atoms with Crippen LogP contribution in [0.2, 0.25) is 0 Å². The van der Waals surface area contributed by atoms with Crippen LogP contribution in [0.4, 0.5) is 4.79 Å². The van der Waals surface area contributed by atoms with Crippen molar-refractivity contribution in [2.45, 2.75) is 31.2 Å². The highest BCUT2D eigenvalue weighted by atomic mass is 16.7. The molecule has 2 aliphatic carbocycles. The summed E-state index contributed by atoms with van der Waals surface area (Å²) < 4.78 is 5.69. The third-order valence-electron chi connectivity index (χ3n) is 5.86. The third kappa shape index (κ3) is 2.35. The van der Waals surface area contributed by atoms with Crippen LogP contribution < -0.4 is 0 Å². The fourth-order valence-electron chi connectivity index (χ4n) is 4.64. The largest absolute Gasteiger partial charge is 0.447 e. The molecule has 4 heteroatoms. The topological polar surface area (TPSA) is 38.8 Å². The summed E-state index contributed by atoms with van der Waals surface area (Å²) in [7, 11) is 0. The van der Waals surface area contributed by atoms with Crippen LogP contribution >= 0.6 is 0 Å². The molecule has 4 nitrogen and oxygen atoms in total. The zero-order chi connectivity index (χ0) is 16.8. The van der Waals surface area contributed by atoms with E-state index in [1.165, 1.54) is 33.7 Å². The third-order valence-corrected chi connectivity index (χ3v) is 5.86. The number of nitrogens with zero attached hydrogens (tertiary/aromatic N) is 1. The Morgan fingerprint density at radius 3 is 2.44 bits per heavy atom. The number of fused-ring (bicyclic) bond motifs is 4. The quantitative estimate of drug-likeness (QED) is 0.819. The van der Waals surface area contributed by atoms with E-state index in [4.69, 9.17) is 9.57 Å². The molecule has 2 fully saturated rings. The van der Waals surface area contributed by atoms with Crippen LogP contribution in [0.1, 0.15) is 36.3 Å². The monoisotopic (exact) mass is 335 g/mol. The summed E-state index contributed by atoms with van der Waals surface area (Å²) >= 11 is 0. The molecule has 0 unspecified atom stereocenters. The second-order valence-electron chi connectivity index (χ2n) is 7.18. The number of carbonyl (C=O) groups is 1. The lowest BCUT2D eigenvalue weighted by Gasteiger charge is -2.22. The Kier molecular flexibility index (Phi) is 3.52. The van der Waals surface area contributed by atoms with E-state index in [0.29, 0.717) is 19.1 Å². The highest BCUT2D eigenvalue weighted by Gasteiger charge is 2.42. The summed E-state index contributed by atoms with van der Waals surface area (Å²) in [4.78, 5) is 18.1. The van der Waals surface area contributed by atoms with Crippen molar-refractivity contribution in [1.29, 1.82) is 0 Å². The number of ether oxygens (including phenoxy) is 1. The minimum absolute atomic E-state index is 0.0957. The molecule has 0 bridgehead atoms. The first-order valence-electron chi connectivity index (χ1n) is 9.10. The zero-order valence-corrected chi connectivity index (χ0v) is 14.1. The molecule has 1 amide bonds. The molecule has 1 saturated heterocycles. The number of amides is 1. The van der Waals surface area contributed by atoms with E-state index in [1.807, 2.05) is 12.1 Å². The van der Waals surface area contributed by atoms with Gasteiger partial charge in [0.2, 0.25) is 0 Å². The molecule has 0 radical (unpaired) electrons. The number of hydrogen-bond donors (Lipinski definition) is 0. The van der Waals surface area contributed by atoms with E-state index < -0.39 is 0 Å². The average molecular weight is 335 g/mol. The van der Waals surface area contributed by atoms with E-state index in [2.05, 4.69) is 36.4 Å². The molecule has 0 N–H and O–H groups in total. The molecule has 5 rings (SSSR count).